The van der Waals surface area contributed by atoms with Gasteiger partial charge in [0.2, 0.25) is 29.5 Å². The lowest BCUT2D eigenvalue weighted by Crippen LogP contribution is -2.57. The molecule has 0 aromatic heterocycles. The summed E-state index contributed by atoms with van der Waals surface area (Å²) in [5.74, 6) is -6.14. The van der Waals surface area contributed by atoms with Crippen LogP contribution < -0.4 is 31.9 Å². The molecule has 0 bridgehead atoms. The molecule has 4 aliphatic rings. The maximum Gasteiger partial charge on any atom is 0.407 e. The van der Waals surface area contributed by atoms with Gasteiger partial charge < -0.3 is 79.3 Å². The molecule has 23 nitrogen and oxygen atoms in total. The number of nitrogens with one attached hydrogen (secondary N) is 6. The fourth-order valence-corrected chi connectivity index (χ4v) is 7.57. The highest BCUT2D eigenvalue weighted by Gasteiger charge is 2.59. The van der Waals surface area contributed by atoms with E-state index in [0.717, 1.165) is 0 Å². The minimum absolute atomic E-state index is 0.397. The average Bonchev–Trinajstić information content (AvgIpc) is 3.86. The molecule has 0 radical (unpaired) electrons. The maximum atomic E-state index is 13.9. The van der Waals surface area contributed by atoms with Gasteiger partial charge in [0.15, 0.2) is 24.2 Å². The maximum absolute atomic E-state index is 13.9. The summed E-state index contributed by atoms with van der Waals surface area (Å²) in [5, 5.41) is 15.6. The Morgan fingerprint density at radius 1 is 0.556 bits per heavy atom. The molecule has 0 unspecified atom stereocenters. The number of carbonyl (C=O) groups excluding carboxylic acids is 7. The van der Waals surface area contributed by atoms with Crippen LogP contribution in [0.3, 0.4) is 0 Å². The van der Waals surface area contributed by atoms with Crippen molar-refractivity contribution in [2.45, 2.75) is 192 Å². The van der Waals surface area contributed by atoms with E-state index >= 15 is 0 Å². The van der Waals surface area contributed by atoms with E-state index in [9.17, 15) is 33.6 Å². The van der Waals surface area contributed by atoms with Gasteiger partial charge in [-0.2, -0.15) is 0 Å². The zero-order chi connectivity index (χ0) is 47.4. The molecule has 63 heavy (non-hydrogen) atoms. The van der Waals surface area contributed by atoms with Crippen molar-refractivity contribution in [1.82, 2.24) is 31.9 Å². The van der Waals surface area contributed by atoms with Gasteiger partial charge in [-0.1, -0.05) is 0 Å². The van der Waals surface area contributed by atoms with Gasteiger partial charge in [0, 0.05) is 27.1 Å². The normalized spacial score (nSPS) is 29.6. The third-order valence-electron chi connectivity index (χ3n) is 10.4. The Bertz CT molecular complexity index is 1690. The number of methoxy groups -OCH3 is 3. The molecular weight excluding hydrogens is 836 g/mol. The first-order chi connectivity index (χ1) is 29.2. The first kappa shape index (κ1) is 51.4. The zero-order valence-electron chi connectivity index (χ0n) is 38.4. The Morgan fingerprint density at radius 3 is 1.33 bits per heavy atom. The van der Waals surface area contributed by atoms with Crippen molar-refractivity contribution in [3.63, 3.8) is 0 Å². The highest BCUT2D eigenvalue weighted by Crippen LogP contribution is 2.41. The number of fused-ring (bicyclic) bond motifs is 2. The van der Waals surface area contributed by atoms with Crippen LogP contribution >= 0.6 is 0 Å². The molecule has 4 aliphatic heterocycles. The third kappa shape index (κ3) is 13.6. The molecule has 0 aromatic carbocycles. The summed E-state index contributed by atoms with van der Waals surface area (Å²) in [7, 11) is 4.02. The second-order valence-corrected chi connectivity index (χ2v) is 17.9. The first-order valence-corrected chi connectivity index (χ1v) is 20.8. The molecule has 0 saturated carbocycles. The van der Waals surface area contributed by atoms with Crippen LogP contribution in [-0.2, 0) is 76.1 Å². The molecular formula is C40H66N6O17. The topological polar surface area (TPSA) is 284 Å². The zero-order valence-corrected chi connectivity index (χ0v) is 38.4. The van der Waals surface area contributed by atoms with Crippen molar-refractivity contribution in [2.24, 2.45) is 0 Å². The van der Waals surface area contributed by atoms with Crippen LogP contribution in [-0.4, -0.2) is 166 Å². The van der Waals surface area contributed by atoms with Crippen LogP contribution in [0.2, 0.25) is 0 Å². The van der Waals surface area contributed by atoms with Crippen molar-refractivity contribution in [3.05, 3.63) is 0 Å². The van der Waals surface area contributed by atoms with Crippen LogP contribution in [0, 0.1) is 0 Å². The van der Waals surface area contributed by atoms with Gasteiger partial charge in [-0.25, -0.2) is 9.59 Å². The van der Waals surface area contributed by atoms with Gasteiger partial charge in [0.05, 0.1) is 19.2 Å². The molecule has 4 heterocycles. The Labute approximate surface area is 367 Å². The molecule has 0 spiro atoms. The lowest BCUT2D eigenvalue weighted by Gasteiger charge is -2.32. The molecule has 4 saturated heterocycles. The van der Waals surface area contributed by atoms with Crippen molar-refractivity contribution in [2.75, 3.05) is 21.3 Å². The van der Waals surface area contributed by atoms with Crippen LogP contribution in [0.1, 0.15) is 89.0 Å². The summed E-state index contributed by atoms with van der Waals surface area (Å²) < 4.78 is 57.6. The number of rotatable bonds is 18. The fraction of sp³-hybridized carbons (Fsp3) is 0.825. The molecule has 4 rings (SSSR count). The average molecular weight is 903 g/mol. The quantitative estimate of drug-likeness (QED) is 0.0911. The van der Waals surface area contributed by atoms with Crippen molar-refractivity contribution in [3.8, 4) is 0 Å². The van der Waals surface area contributed by atoms with Gasteiger partial charge in [0.25, 0.3) is 0 Å². The van der Waals surface area contributed by atoms with E-state index in [1.165, 1.54) is 49.0 Å². The Morgan fingerprint density at radius 2 is 0.937 bits per heavy atom. The van der Waals surface area contributed by atoms with Crippen LogP contribution in [0.25, 0.3) is 0 Å². The molecule has 358 valence electrons. The molecule has 23 heteroatoms. The lowest BCUT2D eigenvalue weighted by atomic mass is 9.99. The predicted molar refractivity (Wildman–Crippen MR) is 216 cm³/mol. The number of esters is 1. The van der Waals surface area contributed by atoms with Crippen molar-refractivity contribution in [1.29, 1.82) is 0 Å². The van der Waals surface area contributed by atoms with Gasteiger partial charge in [0.1, 0.15) is 66.4 Å². The Balaban J connectivity index is 1.46. The number of ether oxygens (including phenoxy) is 10. The number of alkyl carbamates (subject to hydrolysis) is 1. The van der Waals surface area contributed by atoms with Gasteiger partial charge in [-0.15, -0.1) is 0 Å². The summed E-state index contributed by atoms with van der Waals surface area (Å²) in [6.45, 7) is 17.5. The van der Waals surface area contributed by atoms with E-state index < -0.39 is 157 Å². The van der Waals surface area contributed by atoms with Crippen molar-refractivity contribution >= 4 is 41.6 Å². The molecule has 6 amide bonds. The van der Waals surface area contributed by atoms with E-state index in [2.05, 4.69) is 36.6 Å². The largest absolute Gasteiger partial charge is 0.467 e. The number of hydrogen-bond donors (Lipinski definition) is 6. The first-order valence-electron chi connectivity index (χ1n) is 20.8. The monoisotopic (exact) mass is 902 g/mol. The van der Waals surface area contributed by atoms with Gasteiger partial charge in [-0.05, 0) is 76.2 Å². The standard InChI is InChI=1S/C40H66N6O17/c1-17(31(49)43-19(3)32(50)44-20(4)34(52)56-14)41-23(47)15-21(25-27(54-12)29-35(57-25)61-39(8,9)59-29)45-33(51)18(2)42-24(48)16-22(46-37(53)63-38(5,6)7)26-28(55-13)30-36(58-26)62-40(10,11)60-30/h17-22,25-30,35-36H,15-16H2,1-14H3,(H,41,47)(H,42,48)(H,43,49)(H,44,50)(H,45,51)(H,46,53)/t17-,18-,19-,20-,21-,22-,25+,26+,27-,28-,29+,30+,35+,36+/m0/s1. The summed E-state index contributed by atoms with van der Waals surface area (Å²) in [4.78, 5) is 91.4. The van der Waals surface area contributed by atoms with Crippen LogP contribution in [0.5, 0.6) is 0 Å². The number of amides is 6. The Kier molecular flexibility index (Phi) is 16.9. The molecule has 6 N–H and O–H groups in total. The number of carbonyl (C=O) groups is 7. The summed E-state index contributed by atoms with van der Waals surface area (Å²) in [6.07, 6.45) is -8.44. The van der Waals surface area contributed by atoms with Gasteiger partial charge in [-0.3, -0.25) is 24.0 Å². The number of hydrogen-bond acceptors (Lipinski definition) is 17. The highest BCUT2D eigenvalue weighted by molar-refractivity contribution is 5.93. The second kappa shape index (κ2) is 20.7. The van der Waals surface area contributed by atoms with Crippen LogP contribution in [0.15, 0.2) is 0 Å². The fourth-order valence-electron chi connectivity index (χ4n) is 7.57. The predicted octanol–water partition coefficient (Wildman–Crippen LogP) is -0.881. The SMILES string of the molecule is COC(=O)[C@H](C)NC(=O)[C@H](C)NC(=O)[C@H](C)NC(=O)C[C@H](NC(=O)[C@H](C)NC(=O)C[C@H](NC(=O)OC(C)(C)C)[C@H]1O[C@@H]2OC(C)(C)O[C@@H]2[C@H]1OC)[C@H]1O[C@@H]2OC(C)(C)O[C@@H]2[C@H]1OC. The smallest absolute Gasteiger partial charge is 0.407 e. The van der Waals surface area contributed by atoms with E-state index in [0.29, 0.717) is 0 Å². The van der Waals surface area contributed by atoms with E-state index in [4.69, 9.17) is 42.6 Å². The van der Waals surface area contributed by atoms with E-state index in [-0.39, 0.29) is 0 Å². The molecule has 0 aliphatic carbocycles. The lowest BCUT2D eigenvalue weighted by molar-refractivity contribution is -0.220. The van der Waals surface area contributed by atoms with E-state index in [1.54, 1.807) is 48.5 Å². The second-order valence-electron chi connectivity index (χ2n) is 17.9. The highest BCUT2D eigenvalue weighted by atomic mass is 16.9. The Hall–Kier alpha value is -4.23. The van der Waals surface area contributed by atoms with Crippen molar-refractivity contribution < 1.29 is 80.9 Å². The van der Waals surface area contributed by atoms with E-state index in [1.807, 2.05) is 0 Å². The van der Waals surface area contributed by atoms with Gasteiger partial charge >= 0.3 is 12.1 Å². The molecule has 14 atom stereocenters. The molecule has 4 fully saturated rings. The summed E-state index contributed by atoms with van der Waals surface area (Å²) in [5.41, 5.74) is -0.868. The minimum atomic E-state index is -1.22. The van der Waals surface area contributed by atoms with Crippen LogP contribution in [0.4, 0.5) is 4.79 Å². The third-order valence-corrected chi connectivity index (χ3v) is 10.4. The minimum Gasteiger partial charge on any atom is -0.467 e. The summed E-state index contributed by atoms with van der Waals surface area (Å²) >= 11 is 0. The molecule has 0 aromatic rings. The summed E-state index contributed by atoms with van der Waals surface area (Å²) in [6, 6.07) is -6.62.